The Morgan fingerprint density at radius 2 is 1.80 bits per heavy atom. The van der Waals surface area contributed by atoms with E-state index in [4.69, 9.17) is 4.74 Å². The quantitative estimate of drug-likeness (QED) is 0.556. The second-order valence-electron chi connectivity index (χ2n) is 5.83. The molecule has 0 amide bonds. The van der Waals surface area contributed by atoms with E-state index in [1.165, 1.54) is 23.5 Å². The molecule has 2 aromatic carbocycles. The lowest BCUT2D eigenvalue weighted by molar-refractivity contribution is 0.0499. The zero-order valence-corrected chi connectivity index (χ0v) is 15.5. The highest BCUT2D eigenvalue weighted by molar-refractivity contribution is 7.92. The summed E-state index contributed by atoms with van der Waals surface area (Å²) in [6.45, 7) is 4.27. The molecule has 0 saturated carbocycles. The van der Waals surface area contributed by atoms with Gasteiger partial charge in [0.1, 0.15) is 0 Å². The number of benzene rings is 2. The van der Waals surface area contributed by atoms with Crippen LogP contribution in [0.2, 0.25) is 0 Å². The van der Waals surface area contributed by atoms with Crippen molar-refractivity contribution in [2.24, 2.45) is 0 Å². The summed E-state index contributed by atoms with van der Waals surface area (Å²) in [6, 6.07) is 13.1. The van der Waals surface area contributed by atoms with Crippen LogP contribution in [-0.2, 0) is 14.8 Å². The van der Waals surface area contributed by atoms with E-state index in [0.717, 1.165) is 18.4 Å². The number of sulfonamides is 1. The second-order valence-corrected chi connectivity index (χ2v) is 7.79. The molecular weight excluding hydrogens is 338 g/mol. The molecule has 0 atom stereocenters. The number of hydrogen-bond donors (Lipinski definition) is 0. The molecule has 5 nitrogen and oxygen atoms in total. The molecule has 0 heterocycles. The Bertz CT molecular complexity index is 829. The van der Waals surface area contributed by atoms with E-state index in [1.54, 1.807) is 24.3 Å². The predicted octanol–water partition coefficient (Wildman–Crippen LogP) is 3.78. The predicted molar refractivity (Wildman–Crippen MR) is 98.4 cm³/mol. The lowest BCUT2D eigenvalue weighted by Crippen LogP contribution is -2.26. The number of hydrogen-bond acceptors (Lipinski definition) is 4. The first-order chi connectivity index (χ1) is 11.9. The summed E-state index contributed by atoms with van der Waals surface area (Å²) in [7, 11) is -2.27. The Labute approximate surface area is 149 Å². The van der Waals surface area contributed by atoms with E-state index >= 15 is 0 Å². The number of aryl methyl sites for hydroxylation is 1. The zero-order valence-electron chi connectivity index (χ0n) is 14.7. The van der Waals surface area contributed by atoms with Gasteiger partial charge in [-0.05, 0) is 43.7 Å². The summed E-state index contributed by atoms with van der Waals surface area (Å²) in [5, 5.41) is 0. The van der Waals surface area contributed by atoms with Gasteiger partial charge < -0.3 is 4.74 Å². The van der Waals surface area contributed by atoms with Crippen LogP contribution in [0, 0.1) is 6.92 Å². The fraction of sp³-hybridized carbons (Fsp3) is 0.316. The monoisotopic (exact) mass is 361 g/mol. The summed E-state index contributed by atoms with van der Waals surface area (Å²) >= 11 is 0. The molecule has 25 heavy (non-hydrogen) atoms. The van der Waals surface area contributed by atoms with Gasteiger partial charge in [0.25, 0.3) is 10.0 Å². The molecule has 0 fully saturated rings. The van der Waals surface area contributed by atoms with Crippen molar-refractivity contribution in [3.8, 4) is 0 Å². The van der Waals surface area contributed by atoms with Crippen LogP contribution >= 0.6 is 0 Å². The first-order valence-corrected chi connectivity index (χ1v) is 9.63. The first kappa shape index (κ1) is 19.0. The van der Waals surface area contributed by atoms with Crippen LogP contribution in [0.1, 0.15) is 35.7 Å². The molecule has 134 valence electrons. The highest BCUT2D eigenvalue weighted by atomic mass is 32.2. The van der Waals surface area contributed by atoms with Gasteiger partial charge >= 0.3 is 5.97 Å². The van der Waals surface area contributed by atoms with Crippen LogP contribution in [0.4, 0.5) is 5.69 Å². The van der Waals surface area contributed by atoms with E-state index in [1.807, 2.05) is 26.0 Å². The minimum atomic E-state index is -3.76. The van der Waals surface area contributed by atoms with Crippen molar-refractivity contribution in [1.29, 1.82) is 0 Å². The minimum Gasteiger partial charge on any atom is -0.462 e. The molecule has 0 aliphatic carbocycles. The molecule has 2 aromatic rings. The molecule has 0 aliphatic rings. The van der Waals surface area contributed by atoms with Crippen molar-refractivity contribution in [2.75, 3.05) is 18.0 Å². The first-order valence-electron chi connectivity index (χ1n) is 8.19. The maximum absolute atomic E-state index is 12.8. The van der Waals surface area contributed by atoms with Crippen molar-refractivity contribution >= 4 is 21.7 Å². The molecular formula is C19H23NO4S. The number of unbranched alkanes of at least 4 members (excludes halogenated alkanes) is 1. The smallest absolute Gasteiger partial charge is 0.338 e. The third-order valence-electron chi connectivity index (χ3n) is 3.86. The Kier molecular flexibility index (Phi) is 6.20. The summed E-state index contributed by atoms with van der Waals surface area (Å²) in [4.78, 5) is 12.1. The minimum absolute atomic E-state index is 0.0560. The average molecular weight is 361 g/mol. The SMILES string of the molecule is CCCCOC(=O)c1cccc(S(=O)(=O)N(C)c2ccc(C)cc2)c1. The maximum Gasteiger partial charge on any atom is 0.338 e. The number of carbonyl (C=O) groups is 1. The van der Waals surface area contributed by atoms with Crippen molar-refractivity contribution in [1.82, 2.24) is 0 Å². The van der Waals surface area contributed by atoms with E-state index in [0.29, 0.717) is 12.3 Å². The average Bonchev–Trinajstić information content (AvgIpc) is 2.62. The Hall–Kier alpha value is -2.34. The van der Waals surface area contributed by atoms with Gasteiger partial charge in [0, 0.05) is 7.05 Å². The van der Waals surface area contributed by atoms with Gasteiger partial charge in [-0.1, -0.05) is 37.1 Å². The Balaban J connectivity index is 2.26. The standard InChI is InChI=1S/C19H23NO4S/c1-4-5-13-24-19(21)16-7-6-8-18(14-16)25(22,23)20(3)17-11-9-15(2)10-12-17/h6-12,14H,4-5,13H2,1-3H3. The third-order valence-corrected chi connectivity index (χ3v) is 5.64. The molecule has 0 bridgehead atoms. The van der Waals surface area contributed by atoms with Gasteiger partial charge in [-0.2, -0.15) is 0 Å². The number of anilines is 1. The Morgan fingerprint density at radius 3 is 2.44 bits per heavy atom. The molecule has 0 radical (unpaired) electrons. The fourth-order valence-electron chi connectivity index (χ4n) is 2.23. The highest BCUT2D eigenvalue weighted by Gasteiger charge is 2.22. The second kappa shape index (κ2) is 8.16. The number of rotatable bonds is 7. The number of esters is 1. The lowest BCUT2D eigenvalue weighted by Gasteiger charge is -2.20. The third kappa shape index (κ3) is 4.60. The molecule has 0 saturated heterocycles. The molecule has 0 N–H and O–H groups in total. The zero-order chi connectivity index (χ0) is 18.4. The van der Waals surface area contributed by atoms with Gasteiger partial charge in [-0.25, -0.2) is 13.2 Å². The summed E-state index contributed by atoms with van der Waals surface area (Å²) in [6.07, 6.45) is 1.70. The van der Waals surface area contributed by atoms with Crippen LogP contribution in [0.3, 0.4) is 0 Å². The van der Waals surface area contributed by atoms with Crippen LogP contribution in [0.25, 0.3) is 0 Å². The van der Waals surface area contributed by atoms with Gasteiger partial charge in [-0.3, -0.25) is 4.31 Å². The molecule has 6 heteroatoms. The lowest BCUT2D eigenvalue weighted by atomic mass is 10.2. The highest BCUT2D eigenvalue weighted by Crippen LogP contribution is 2.23. The van der Waals surface area contributed by atoms with Crippen molar-refractivity contribution in [2.45, 2.75) is 31.6 Å². The summed E-state index contributed by atoms with van der Waals surface area (Å²) < 4.78 is 32.0. The Morgan fingerprint density at radius 1 is 1.12 bits per heavy atom. The fourth-order valence-corrected chi connectivity index (χ4v) is 3.47. The molecule has 2 rings (SSSR count). The van der Waals surface area contributed by atoms with E-state index < -0.39 is 16.0 Å². The molecule has 0 unspecified atom stereocenters. The van der Waals surface area contributed by atoms with Crippen molar-refractivity contribution in [3.05, 3.63) is 59.7 Å². The molecule has 0 aromatic heterocycles. The van der Waals surface area contributed by atoms with E-state index in [2.05, 4.69) is 0 Å². The van der Waals surface area contributed by atoms with Gasteiger partial charge in [0.05, 0.1) is 22.8 Å². The summed E-state index contributed by atoms with van der Waals surface area (Å²) in [5.74, 6) is -0.511. The number of ether oxygens (including phenoxy) is 1. The van der Waals surface area contributed by atoms with E-state index in [9.17, 15) is 13.2 Å². The maximum atomic E-state index is 12.8. The van der Waals surface area contributed by atoms with Gasteiger partial charge in [-0.15, -0.1) is 0 Å². The summed E-state index contributed by atoms with van der Waals surface area (Å²) in [5.41, 5.74) is 1.84. The van der Waals surface area contributed by atoms with Crippen molar-refractivity contribution < 1.29 is 17.9 Å². The number of carbonyl (C=O) groups excluding carboxylic acids is 1. The van der Waals surface area contributed by atoms with Gasteiger partial charge in [0.15, 0.2) is 0 Å². The number of nitrogens with zero attached hydrogens (tertiary/aromatic N) is 1. The normalized spacial score (nSPS) is 11.2. The van der Waals surface area contributed by atoms with Crippen LogP contribution in [0.15, 0.2) is 53.4 Å². The molecule has 0 aliphatic heterocycles. The largest absolute Gasteiger partial charge is 0.462 e. The van der Waals surface area contributed by atoms with E-state index in [-0.39, 0.29) is 10.5 Å². The van der Waals surface area contributed by atoms with Crippen LogP contribution < -0.4 is 4.31 Å². The van der Waals surface area contributed by atoms with Gasteiger partial charge in [0.2, 0.25) is 0 Å². The van der Waals surface area contributed by atoms with Crippen molar-refractivity contribution in [3.63, 3.8) is 0 Å². The van der Waals surface area contributed by atoms with Crippen LogP contribution in [-0.4, -0.2) is 28.0 Å². The topological polar surface area (TPSA) is 63.7 Å². The van der Waals surface area contributed by atoms with Crippen LogP contribution in [0.5, 0.6) is 0 Å². The molecule has 0 spiro atoms.